The summed E-state index contributed by atoms with van der Waals surface area (Å²) >= 11 is 6.10. The number of pyridine rings is 1. The lowest BCUT2D eigenvalue weighted by atomic mass is 10.0. The summed E-state index contributed by atoms with van der Waals surface area (Å²) in [5.41, 5.74) is 9.19. The highest BCUT2D eigenvalue weighted by atomic mass is 35.5. The van der Waals surface area contributed by atoms with E-state index in [0.29, 0.717) is 22.2 Å². The molecule has 0 fully saturated rings. The van der Waals surface area contributed by atoms with Crippen molar-refractivity contribution < 1.29 is 4.52 Å². The van der Waals surface area contributed by atoms with Crippen molar-refractivity contribution in [3.05, 3.63) is 53.2 Å². The summed E-state index contributed by atoms with van der Waals surface area (Å²) in [4.78, 5) is 4.30. The molecule has 0 saturated carbocycles. The molecular weight excluding hydrogens is 274 g/mol. The van der Waals surface area contributed by atoms with E-state index >= 15 is 0 Å². The smallest absolute Gasteiger partial charge is 0.178 e. The minimum Gasteiger partial charge on any atom is -0.380 e. The van der Waals surface area contributed by atoms with E-state index in [1.807, 2.05) is 43.3 Å². The third-order valence-corrected chi connectivity index (χ3v) is 3.16. The van der Waals surface area contributed by atoms with Gasteiger partial charge in [0.2, 0.25) is 0 Å². The van der Waals surface area contributed by atoms with Gasteiger partial charge in [0, 0.05) is 16.8 Å². The van der Waals surface area contributed by atoms with Crippen molar-refractivity contribution in [2.45, 2.75) is 6.92 Å². The Kier molecular flexibility index (Phi) is 3.16. The Bertz CT molecular complexity index is 733. The number of nitrogen functional groups attached to an aromatic ring is 1. The molecule has 3 rings (SSSR count). The number of nitrogens with zero attached hydrogens (tertiary/aromatic N) is 2. The van der Waals surface area contributed by atoms with E-state index in [1.54, 1.807) is 6.20 Å². The summed E-state index contributed by atoms with van der Waals surface area (Å²) in [5, 5.41) is 4.49. The van der Waals surface area contributed by atoms with E-state index in [2.05, 4.69) is 10.1 Å². The largest absolute Gasteiger partial charge is 0.380 e. The van der Waals surface area contributed by atoms with Gasteiger partial charge in [-0.15, -0.1) is 0 Å². The molecule has 2 aromatic heterocycles. The average molecular weight is 286 g/mol. The molecule has 0 saturated heterocycles. The number of aromatic nitrogens is 2. The summed E-state index contributed by atoms with van der Waals surface area (Å²) in [5.74, 6) is 0.892. The first-order valence-electron chi connectivity index (χ1n) is 6.09. The van der Waals surface area contributed by atoms with Gasteiger partial charge in [-0.25, -0.2) is 0 Å². The van der Waals surface area contributed by atoms with Crippen LogP contribution in [0.2, 0.25) is 5.02 Å². The molecule has 5 heteroatoms. The minimum absolute atomic E-state index is 0.316. The molecule has 0 atom stereocenters. The highest BCUT2D eigenvalue weighted by molar-refractivity contribution is 6.31. The van der Waals surface area contributed by atoms with Gasteiger partial charge in [0.05, 0.1) is 11.3 Å². The van der Waals surface area contributed by atoms with Crippen LogP contribution in [0.4, 0.5) is 5.82 Å². The molecule has 20 heavy (non-hydrogen) atoms. The van der Waals surface area contributed by atoms with Gasteiger partial charge < -0.3 is 10.3 Å². The van der Waals surface area contributed by atoms with Crippen molar-refractivity contribution in [1.82, 2.24) is 10.1 Å². The van der Waals surface area contributed by atoms with Gasteiger partial charge in [0.25, 0.3) is 0 Å². The van der Waals surface area contributed by atoms with Crippen LogP contribution in [-0.4, -0.2) is 10.1 Å². The van der Waals surface area contributed by atoms with Crippen molar-refractivity contribution in [2.75, 3.05) is 5.73 Å². The quantitative estimate of drug-likeness (QED) is 0.774. The van der Waals surface area contributed by atoms with Gasteiger partial charge in [-0.3, -0.25) is 4.98 Å². The van der Waals surface area contributed by atoms with Crippen molar-refractivity contribution in [3.8, 4) is 22.6 Å². The van der Waals surface area contributed by atoms with Crippen LogP contribution >= 0.6 is 11.6 Å². The van der Waals surface area contributed by atoms with Crippen LogP contribution in [0.15, 0.2) is 47.1 Å². The van der Waals surface area contributed by atoms with Crippen molar-refractivity contribution in [3.63, 3.8) is 0 Å². The van der Waals surface area contributed by atoms with Gasteiger partial charge in [-0.05, 0) is 42.8 Å². The van der Waals surface area contributed by atoms with E-state index in [0.717, 1.165) is 16.8 Å². The predicted molar refractivity (Wildman–Crippen MR) is 79.3 cm³/mol. The number of anilines is 1. The van der Waals surface area contributed by atoms with Crippen LogP contribution in [0.5, 0.6) is 0 Å². The lowest BCUT2D eigenvalue weighted by Crippen LogP contribution is -1.91. The number of aryl methyl sites for hydroxylation is 1. The zero-order chi connectivity index (χ0) is 14.1. The third kappa shape index (κ3) is 2.26. The van der Waals surface area contributed by atoms with Crippen LogP contribution in [0, 0.1) is 6.92 Å². The normalized spacial score (nSPS) is 10.7. The molecule has 1 aromatic carbocycles. The standard InChI is InChI=1S/C15H12ClN3O/c1-9-6-10(8-11(16)7-9)14-13(15(17)19-20-14)12-4-2-3-5-18-12/h2-8H,1H3,(H2,17,19). The SMILES string of the molecule is Cc1cc(Cl)cc(-c2onc(N)c2-c2ccccn2)c1. The number of rotatable bonds is 2. The van der Waals surface area contributed by atoms with Crippen LogP contribution < -0.4 is 5.73 Å². The Balaban J connectivity index is 2.21. The summed E-state index contributed by atoms with van der Waals surface area (Å²) in [6, 6.07) is 11.3. The number of hydrogen-bond donors (Lipinski definition) is 1. The summed E-state index contributed by atoms with van der Waals surface area (Å²) in [7, 11) is 0. The Morgan fingerprint density at radius 3 is 2.75 bits per heavy atom. The molecule has 2 heterocycles. The maximum absolute atomic E-state index is 6.10. The van der Waals surface area contributed by atoms with Gasteiger partial charge in [0.15, 0.2) is 11.6 Å². The van der Waals surface area contributed by atoms with Crippen LogP contribution in [0.1, 0.15) is 5.56 Å². The Morgan fingerprint density at radius 1 is 1.20 bits per heavy atom. The molecule has 0 spiro atoms. The van der Waals surface area contributed by atoms with E-state index < -0.39 is 0 Å². The van der Waals surface area contributed by atoms with Crippen molar-refractivity contribution in [1.29, 1.82) is 0 Å². The van der Waals surface area contributed by atoms with Crippen LogP contribution in [0.3, 0.4) is 0 Å². The van der Waals surface area contributed by atoms with Gasteiger partial charge in [-0.1, -0.05) is 22.8 Å². The summed E-state index contributed by atoms with van der Waals surface area (Å²) in [6.07, 6.45) is 1.70. The minimum atomic E-state index is 0.316. The van der Waals surface area contributed by atoms with E-state index in [1.165, 1.54) is 0 Å². The first-order chi connectivity index (χ1) is 9.65. The Morgan fingerprint density at radius 2 is 2.05 bits per heavy atom. The van der Waals surface area contributed by atoms with E-state index in [9.17, 15) is 0 Å². The topological polar surface area (TPSA) is 64.9 Å². The maximum atomic E-state index is 6.10. The Labute approximate surface area is 121 Å². The van der Waals surface area contributed by atoms with Gasteiger partial charge in [-0.2, -0.15) is 0 Å². The molecule has 0 bridgehead atoms. The first kappa shape index (κ1) is 12.7. The van der Waals surface area contributed by atoms with Crippen molar-refractivity contribution in [2.24, 2.45) is 0 Å². The molecule has 0 aliphatic carbocycles. The lowest BCUT2D eigenvalue weighted by Gasteiger charge is -2.04. The zero-order valence-electron chi connectivity index (χ0n) is 10.8. The molecule has 2 N–H and O–H groups in total. The summed E-state index contributed by atoms with van der Waals surface area (Å²) < 4.78 is 5.37. The fourth-order valence-electron chi connectivity index (χ4n) is 2.13. The molecule has 3 aromatic rings. The molecular formula is C15H12ClN3O. The maximum Gasteiger partial charge on any atom is 0.178 e. The number of hydrogen-bond acceptors (Lipinski definition) is 4. The molecule has 0 aliphatic rings. The molecule has 100 valence electrons. The van der Waals surface area contributed by atoms with Crippen LogP contribution in [0.25, 0.3) is 22.6 Å². The molecule has 0 radical (unpaired) electrons. The molecule has 0 amide bonds. The van der Waals surface area contributed by atoms with Gasteiger partial charge in [0.1, 0.15) is 0 Å². The number of nitrogens with two attached hydrogens (primary N) is 1. The second kappa shape index (κ2) is 4.98. The highest BCUT2D eigenvalue weighted by Gasteiger charge is 2.19. The Hall–Kier alpha value is -2.33. The van der Waals surface area contributed by atoms with Crippen LogP contribution in [-0.2, 0) is 0 Å². The first-order valence-corrected chi connectivity index (χ1v) is 6.47. The summed E-state index contributed by atoms with van der Waals surface area (Å²) in [6.45, 7) is 1.97. The molecule has 0 aliphatic heterocycles. The van der Waals surface area contributed by atoms with E-state index in [-0.39, 0.29) is 0 Å². The fraction of sp³-hybridized carbons (Fsp3) is 0.0667. The number of halogens is 1. The van der Waals surface area contributed by atoms with Gasteiger partial charge >= 0.3 is 0 Å². The number of benzene rings is 1. The van der Waals surface area contributed by atoms with Crippen molar-refractivity contribution >= 4 is 17.4 Å². The fourth-order valence-corrected chi connectivity index (χ4v) is 2.41. The monoisotopic (exact) mass is 285 g/mol. The molecule has 4 nitrogen and oxygen atoms in total. The average Bonchev–Trinajstić information content (AvgIpc) is 2.80. The second-order valence-corrected chi connectivity index (χ2v) is 4.94. The highest BCUT2D eigenvalue weighted by Crippen LogP contribution is 2.36. The predicted octanol–water partition coefficient (Wildman–Crippen LogP) is 3.95. The van der Waals surface area contributed by atoms with E-state index in [4.69, 9.17) is 21.9 Å². The lowest BCUT2D eigenvalue weighted by molar-refractivity contribution is 0.436. The second-order valence-electron chi connectivity index (χ2n) is 4.50. The zero-order valence-corrected chi connectivity index (χ0v) is 11.6. The molecule has 0 unspecified atom stereocenters. The third-order valence-electron chi connectivity index (χ3n) is 2.94.